The number of rotatable bonds is 13. The predicted molar refractivity (Wildman–Crippen MR) is 169 cm³/mol. The fraction of sp³-hybridized carbons (Fsp3) is 0.429. The summed E-state index contributed by atoms with van der Waals surface area (Å²) in [6.07, 6.45) is 3.35. The molecule has 2 N–H and O–H groups in total. The van der Waals surface area contributed by atoms with Crippen LogP contribution in [0.4, 0.5) is 4.39 Å². The molecule has 0 aromatic heterocycles. The molecule has 3 unspecified atom stereocenters. The van der Waals surface area contributed by atoms with Crippen LogP contribution in [0.2, 0.25) is 0 Å². The third kappa shape index (κ3) is 8.21. The monoisotopic (exact) mass is 602 g/mol. The van der Waals surface area contributed by atoms with E-state index >= 15 is 0 Å². The second kappa shape index (κ2) is 15.5. The second-order valence-electron chi connectivity index (χ2n) is 11.5. The number of hydrogen-bond acceptors (Lipinski definition) is 4. The molecular formula is C35H43FN4O4. The van der Waals surface area contributed by atoms with E-state index in [-0.39, 0.29) is 43.1 Å². The van der Waals surface area contributed by atoms with Crippen molar-refractivity contribution in [2.45, 2.75) is 77.4 Å². The topological polar surface area (TPSA) is 98.8 Å². The highest BCUT2D eigenvalue weighted by atomic mass is 19.1. The van der Waals surface area contributed by atoms with Crippen molar-refractivity contribution in [3.63, 3.8) is 0 Å². The van der Waals surface area contributed by atoms with Crippen molar-refractivity contribution in [1.29, 1.82) is 0 Å². The number of fused-ring (bicyclic) bond motifs is 1. The third-order valence-corrected chi connectivity index (χ3v) is 8.15. The molecule has 0 bridgehead atoms. The van der Waals surface area contributed by atoms with Crippen molar-refractivity contribution in [3.05, 3.63) is 83.7 Å². The van der Waals surface area contributed by atoms with Crippen LogP contribution in [0.15, 0.2) is 66.7 Å². The number of nitrogens with one attached hydrogen (secondary N) is 2. The zero-order valence-corrected chi connectivity index (χ0v) is 25.9. The van der Waals surface area contributed by atoms with Gasteiger partial charge in [0, 0.05) is 39.4 Å². The van der Waals surface area contributed by atoms with E-state index in [0.29, 0.717) is 31.4 Å². The van der Waals surface area contributed by atoms with Gasteiger partial charge in [0.2, 0.25) is 23.6 Å². The third-order valence-electron chi connectivity index (χ3n) is 8.15. The van der Waals surface area contributed by atoms with Crippen molar-refractivity contribution < 1.29 is 23.6 Å². The molecule has 3 aromatic rings. The zero-order valence-electron chi connectivity index (χ0n) is 25.9. The summed E-state index contributed by atoms with van der Waals surface area (Å²) in [5.74, 6) is -1.61. The summed E-state index contributed by atoms with van der Waals surface area (Å²) in [7, 11) is 0. The van der Waals surface area contributed by atoms with Gasteiger partial charge in [0.05, 0.1) is 0 Å². The molecular weight excluding hydrogens is 559 g/mol. The van der Waals surface area contributed by atoms with Crippen LogP contribution in [0.1, 0.15) is 57.6 Å². The molecule has 4 rings (SSSR count). The van der Waals surface area contributed by atoms with Crippen LogP contribution in [0.5, 0.6) is 0 Å². The zero-order chi connectivity index (χ0) is 31.6. The molecule has 1 aliphatic rings. The van der Waals surface area contributed by atoms with Gasteiger partial charge in [0.25, 0.3) is 0 Å². The lowest BCUT2D eigenvalue weighted by atomic mass is 9.96. The molecule has 1 saturated heterocycles. The van der Waals surface area contributed by atoms with Gasteiger partial charge in [-0.25, -0.2) is 4.39 Å². The van der Waals surface area contributed by atoms with Crippen molar-refractivity contribution in [2.75, 3.05) is 19.6 Å². The standard InChI is InChI=1S/C35H43FN4O4/c1-4-6-18-37-33(42)32(23-26-12-15-27-10-7-8-11-28(27)21-26)40-20-19-39(31(9-5-2)35(40)44)34(43)30(38-24(3)41)22-25-13-16-29(36)17-14-25/h7-8,10-17,21,30-32H,4-6,9,18-20,22-23H2,1-3H3,(H,37,42)(H,38,41). The minimum atomic E-state index is -0.914. The molecule has 1 fully saturated rings. The number of piperazine rings is 1. The number of amides is 4. The summed E-state index contributed by atoms with van der Waals surface area (Å²) in [6, 6.07) is 17.5. The fourth-order valence-corrected chi connectivity index (χ4v) is 5.87. The molecule has 9 heteroatoms. The molecule has 234 valence electrons. The van der Waals surface area contributed by atoms with Crippen LogP contribution in [-0.4, -0.2) is 71.2 Å². The second-order valence-corrected chi connectivity index (χ2v) is 11.5. The summed E-state index contributed by atoms with van der Waals surface area (Å²) in [5, 5.41) is 7.92. The molecule has 8 nitrogen and oxygen atoms in total. The molecule has 0 aliphatic carbocycles. The van der Waals surface area contributed by atoms with Gasteiger partial charge in [-0.1, -0.05) is 81.3 Å². The normalized spacial score (nSPS) is 16.5. The molecule has 1 aliphatic heterocycles. The summed E-state index contributed by atoms with van der Waals surface area (Å²) < 4.78 is 13.5. The highest BCUT2D eigenvalue weighted by Gasteiger charge is 2.43. The van der Waals surface area contributed by atoms with Crippen LogP contribution >= 0.6 is 0 Å². The molecule has 3 aromatic carbocycles. The number of nitrogens with zero attached hydrogens (tertiary/aromatic N) is 2. The lowest BCUT2D eigenvalue weighted by Crippen LogP contribution is -2.65. The molecule has 44 heavy (non-hydrogen) atoms. The molecule has 3 atom stereocenters. The van der Waals surface area contributed by atoms with E-state index in [2.05, 4.69) is 23.6 Å². The number of unbranched alkanes of at least 4 members (excludes halogenated alkanes) is 1. The summed E-state index contributed by atoms with van der Waals surface area (Å²) in [5.41, 5.74) is 1.64. The van der Waals surface area contributed by atoms with Gasteiger partial charge in [-0.05, 0) is 46.9 Å². The lowest BCUT2D eigenvalue weighted by molar-refractivity contribution is -0.157. The average Bonchev–Trinajstić information content (AvgIpc) is 3.01. The van der Waals surface area contributed by atoms with Crippen molar-refractivity contribution in [1.82, 2.24) is 20.4 Å². The largest absolute Gasteiger partial charge is 0.354 e. The summed E-state index contributed by atoms with van der Waals surface area (Å²) in [6.45, 7) is 6.28. The number of hydrogen-bond donors (Lipinski definition) is 2. The van der Waals surface area contributed by atoms with Crippen molar-refractivity contribution >= 4 is 34.4 Å². The number of carbonyl (C=O) groups excluding carboxylic acids is 4. The first-order chi connectivity index (χ1) is 21.2. The van der Waals surface area contributed by atoms with Gasteiger partial charge >= 0.3 is 0 Å². The first kappa shape index (κ1) is 32.6. The van der Waals surface area contributed by atoms with Gasteiger partial charge in [0.15, 0.2) is 0 Å². The fourth-order valence-electron chi connectivity index (χ4n) is 5.87. The number of carbonyl (C=O) groups is 4. The first-order valence-corrected chi connectivity index (χ1v) is 15.6. The first-order valence-electron chi connectivity index (χ1n) is 15.6. The Labute approximate surface area is 259 Å². The van der Waals surface area contributed by atoms with Gasteiger partial charge in [-0.2, -0.15) is 0 Å². The van der Waals surface area contributed by atoms with Crippen LogP contribution in [-0.2, 0) is 32.0 Å². The van der Waals surface area contributed by atoms with Crippen LogP contribution < -0.4 is 10.6 Å². The van der Waals surface area contributed by atoms with Gasteiger partial charge in [-0.15, -0.1) is 0 Å². The Bertz CT molecular complexity index is 1460. The SMILES string of the molecule is CCCCNC(=O)C(Cc1ccc2ccccc2c1)N1CCN(C(=O)C(Cc2ccc(F)cc2)NC(C)=O)C(CCC)C1=O. The molecule has 0 radical (unpaired) electrons. The molecule has 0 saturated carbocycles. The van der Waals surface area contributed by atoms with Crippen molar-refractivity contribution in [3.8, 4) is 0 Å². The maximum atomic E-state index is 14.2. The Morgan fingerprint density at radius 1 is 0.909 bits per heavy atom. The van der Waals surface area contributed by atoms with E-state index in [1.807, 2.05) is 43.3 Å². The average molecular weight is 603 g/mol. The Kier molecular flexibility index (Phi) is 11.5. The van der Waals surface area contributed by atoms with Crippen molar-refractivity contribution in [2.24, 2.45) is 0 Å². The smallest absolute Gasteiger partial charge is 0.246 e. The van der Waals surface area contributed by atoms with E-state index in [0.717, 1.165) is 29.2 Å². The minimum absolute atomic E-state index is 0.163. The Hall–Kier alpha value is -4.27. The minimum Gasteiger partial charge on any atom is -0.354 e. The Balaban J connectivity index is 1.59. The summed E-state index contributed by atoms with van der Waals surface area (Å²) in [4.78, 5) is 57.0. The highest BCUT2D eigenvalue weighted by Crippen LogP contribution is 2.24. The quantitative estimate of drug-likeness (QED) is 0.284. The highest BCUT2D eigenvalue weighted by molar-refractivity contribution is 5.95. The molecule has 4 amide bonds. The van der Waals surface area contributed by atoms with Gasteiger partial charge < -0.3 is 20.4 Å². The van der Waals surface area contributed by atoms with Gasteiger partial charge in [-0.3, -0.25) is 19.2 Å². The number of benzene rings is 3. The summed E-state index contributed by atoms with van der Waals surface area (Å²) >= 11 is 0. The molecule has 0 spiro atoms. The van der Waals surface area contributed by atoms with E-state index < -0.39 is 23.9 Å². The van der Waals surface area contributed by atoms with E-state index in [1.165, 1.54) is 19.1 Å². The van der Waals surface area contributed by atoms with Crippen LogP contribution in [0.3, 0.4) is 0 Å². The predicted octanol–water partition coefficient (Wildman–Crippen LogP) is 4.39. The van der Waals surface area contributed by atoms with Gasteiger partial charge in [0.1, 0.15) is 23.9 Å². The van der Waals surface area contributed by atoms with E-state index in [4.69, 9.17) is 0 Å². The van der Waals surface area contributed by atoms with E-state index in [1.54, 1.807) is 21.9 Å². The van der Waals surface area contributed by atoms with Crippen LogP contribution in [0, 0.1) is 5.82 Å². The maximum Gasteiger partial charge on any atom is 0.246 e. The maximum absolute atomic E-state index is 14.2. The Morgan fingerprint density at radius 3 is 2.30 bits per heavy atom. The molecule has 1 heterocycles. The number of halogens is 1. The lowest BCUT2D eigenvalue weighted by Gasteiger charge is -2.44. The van der Waals surface area contributed by atoms with E-state index in [9.17, 15) is 23.6 Å². The Morgan fingerprint density at radius 2 is 1.61 bits per heavy atom. The van der Waals surface area contributed by atoms with Crippen LogP contribution in [0.25, 0.3) is 10.8 Å².